The van der Waals surface area contributed by atoms with Crippen molar-refractivity contribution in [2.24, 2.45) is 5.41 Å². The maximum atomic E-state index is 13.5. The average Bonchev–Trinajstić information content (AvgIpc) is 3.55. The molecule has 1 aromatic carbocycles. The molecule has 0 atom stereocenters. The Labute approximate surface area is 191 Å². The number of carbonyl (C=O) groups excluding carboxylic acids is 2. The molecule has 4 rings (SSSR count). The van der Waals surface area contributed by atoms with Crippen LogP contribution in [0.15, 0.2) is 17.9 Å². The lowest BCUT2D eigenvalue weighted by atomic mass is 9.79. The zero-order valence-electron chi connectivity index (χ0n) is 20.3. The number of ether oxygens (including phenoxy) is 3. The van der Waals surface area contributed by atoms with Gasteiger partial charge < -0.3 is 14.2 Å². The number of rotatable bonds is 5. The summed E-state index contributed by atoms with van der Waals surface area (Å²) in [4.78, 5) is 26.5. The van der Waals surface area contributed by atoms with Gasteiger partial charge in [-0.2, -0.15) is 0 Å². The van der Waals surface area contributed by atoms with E-state index in [0.717, 1.165) is 43.2 Å². The fourth-order valence-electron chi connectivity index (χ4n) is 5.01. The Morgan fingerprint density at radius 1 is 1.16 bits per heavy atom. The predicted octanol–water partition coefficient (Wildman–Crippen LogP) is 5.62. The molecule has 5 nitrogen and oxygen atoms in total. The lowest BCUT2D eigenvalue weighted by Gasteiger charge is -2.37. The molecule has 2 saturated carbocycles. The summed E-state index contributed by atoms with van der Waals surface area (Å²) >= 11 is 0. The summed E-state index contributed by atoms with van der Waals surface area (Å²) in [5.74, 6) is 0.181. The SMILES string of the molecule is CCc1cc(C)cc(C2CC2)c1C1=C(OC(=O)C(C)(C)C)C2(CCC(OC)CC2)OC1=O. The monoisotopic (exact) mass is 440 g/mol. The number of hydrogen-bond acceptors (Lipinski definition) is 5. The van der Waals surface area contributed by atoms with Crippen LogP contribution in [0.4, 0.5) is 0 Å². The highest BCUT2D eigenvalue weighted by molar-refractivity contribution is 6.21. The van der Waals surface area contributed by atoms with Gasteiger partial charge in [0.1, 0.15) is 5.57 Å². The van der Waals surface area contributed by atoms with Crippen LogP contribution in [0.1, 0.15) is 94.4 Å². The second-order valence-electron chi connectivity index (χ2n) is 10.7. The summed E-state index contributed by atoms with van der Waals surface area (Å²) in [5, 5.41) is 0. The van der Waals surface area contributed by atoms with Crippen molar-refractivity contribution in [2.45, 2.75) is 97.2 Å². The number of methoxy groups -OCH3 is 1. The summed E-state index contributed by atoms with van der Waals surface area (Å²) in [7, 11) is 1.72. The van der Waals surface area contributed by atoms with Crippen molar-refractivity contribution in [1.29, 1.82) is 0 Å². The number of carbonyl (C=O) groups is 2. The van der Waals surface area contributed by atoms with Crippen molar-refractivity contribution in [3.8, 4) is 0 Å². The molecule has 0 aromatic heterocycles. The highest BCUT2D eigenvalue weighted by Crippen LogP contribution is 2.52. The van der Waals surface area contributed by atoms with Crippen LogP contribution in [0.3, 0.4) is 0 Å². The molecule has 1 heterocycles. The largest absolute Gasteiger partial charge is 0.447 e. The molecular formula is C27H36O5. The van der Waals surface area contributed by atoms with Crippen LogP contribution in [0, 0.1) is 12.3 Å². The lowest BCUT2D eigenvalue weighted by molar-refractivity contribution is -0.161. The summed E-state index contributed by atoms with van der Waals surface area (Å²) in [6, 6.07) is 4.35. The number of benzene rings is 1. The fourth-order valence-corrected chi connectivity index (χ4v) is 5.01. The minimum atomic E-state index is -0.890. The molecule has 0 unspecified atom stereocenters. The van der Waals surface area contributed by atoms with E-state index in [2.05, 4.69) is 26.0 Å². The van der Waals surface area contributed by atoms with Gasteiger partial charge in [-0.25, -0.2) is 4.79 Å². The van der Waals surface area contributed by atoms with Gasteiger partial charge in [-0.05, 0) is 95.2 Å². The van der Waals surface area contributed by atoms with Crippen molar-refractivity contribution in [1.82, 2.24) is 0 Å². The third-order valence-electron chi connectivity index (χ3n) is 7.06. The van der Waals surface area contributed by atoms with Gasteiger partial charge in [0.15, 0.2) is 11.4 Å². The summed E-state index contributed by atoms with van der Waals surface area (Å²) in [5.41, 5.74) is 3.34. The van der Waals surface area contributed by atoms with Crippen LogP contribution >= 0.6 is 0 Å². The van der Waals surface area contributed by atoms with Crippen molar-refractivity contribution < 1.29 is 23.8 Å². The minimum Gasteiger partial charge on any atom is -0.447 e. The van der Waals surface area contributed by atoms with Crippen LogP contribution in [-0.4, -0.2) is 30.8 Å². The van der Waals surface area contributed by atoms with Crippen LogP contribution in [0.5, 0.6) is 0 Å². The first kappa shape index (κ1) is 23.0. The Morgan fingerprint density at radius 3 is 2.34 bits per heavy atom. The van der Waals surface area contributed by atoms with Gasteiger partial charge in [0, 0.05) is 7.11 Å². The van der Waals surface area contributed by atoms with Crippen LogP contribution in [-0.2, 0) is 30.2 Å². The summed E-state index contributed by atoms with van der Waals surface area (Å²) in [6.07, 6.45) is 5.90. The molecule has 5 heteroatoms. The molecule has 1 aromatic rings. The van der Waals surface area contributed by atoms with Gasteiger partial charge in [0.05, 0.1) is 11.5 Å². The minimum absolute atomic E-state index is 0.135. The first-order valence-corrected chi connectivity index (χ1v) is 12.0. The van der Waals surface area contributed by atoms with Gasteiger partial charge in [-0.1, -0.05) is 24.6 Å². The Bertz CT molecular complexity index is 953. The van der Waals surface area contributed by atoms with Crippen LogP contribution in [0.25, 0.3) is 5.57 Å². The Morgan fingerprint density at radius 2 is 1.81 bits per heavy atom. The summed E-state index contributed by atoms with van der Waals surface area (Å²) in [6.45, 7) is 9.71. The highest BCUT2D eigenvalue weighted by Gasteiger charge is 2.53. The first-order chi connectivity index (χ1) is 15.1. The topological polar surface area (TPSA) is 61.8 Å². The van der Waals surface area contributed by atoms with E-state index in [1.54, 1.807) is 7.11 Å². The standard InChI is InChI=1S/C27H36O5/c1-7-17-14-16(2)15-20(18-8-9-18)21(17)22-23(31-25(29)26(3,4)5)27(32-24(22)28)12-10-19(30-6)11-13-27/h14-15,18-19H,7-13H2,1-6H3. The fraction of sp³-hybridized carbons (Fsp3) is 0.630. The normalized spacial score (nSPS) is 25.9. The van der Waals surface area contributed by atoms with Crippen LogP contribution in [0.2, 0.25) is 0 Å². The predicted molar refractivity (Wildman–Crippen MR) is 123 cm³/mol. The summed E-state index contributed by atoms with van der Waals surface area (Å²) < 4.78 is 17.8. The van der Waals surface area contributed by atoms with E-state index < -0.39 is 11.0 Å². The average molecular weight is 441 g/mol. The molecule has 32 heavy (non-hydrogen) atoms. The van der Waals surface area contributed by atoms with E-state index >= 15 is 0 Å². The second kappa shape index (κ2) is 8.33. The molecule has 174 valence electrons. The zero-order valence-corrected chi connectivity index (χ0v) is 20.3. The second-order valence-corrected chi connectivity index (χ2v) is 10.7. The molecular weight excluding hydrogens is 404 g/mol. The molecule has 2 aliphatic carbocycles. The van der Waals surface area contributed by atoms with Gasteiger partial charge in [-0.15, -0.1) is 0 Å². The first-order valence-electron chi connectivity index (χ1n) is 12.0. The van der Waals surface area contributed by atoms with E-state index in [1.165, 1.54) is 11.1 Å². The number of aryl methyl sites for hydroxylation is 2. The maximum Gasteiger partial charge on any atom is 0.343 e. The Balaban J connectivity index is 1.90. The van der Waals surface area contributed by atoms with Gasteiger partial charge in [0.2, 0.25) is 0 Å². The molecule has 1 spiro atoms. The Hall–Kier alpha value is -2.14. The molecule has 0 N–H and O–H groups in total. The molecule has 0 saturated heterocycles. The maximum absolute atomic E-state index is 13.5. The van der Waals surface area contributed by atoms with Crippen molar-refractivity contribution in [2.75, 3.05) is 7.11 Å². The van der Waals surface area contributed by atoms with E-state index in [0.29, 0.717) is 30.1 Å². The van der Waals surface area contributed by atoms with E-state index in [4.69, 9.17) is 14.2 Å². The highest BCUT2D eigenvalue weighted by atomic mass is 16.6. The van der Waals surface area contributed by atoms with E-state index in [9.17, 15) is 9.59 Å². The molecule has 0 radical (unpaired) electrons. The van der Waals surface area contributed by atoms with Gasteiger partial charge in [-0.3, -0.25) is 4.79 Å². The van der Waals surface area contributed by atoms with E-state index in [1.807, 2.05) is 20.8 Å². The van der Waals surface area contributed by atoms with Crippen molar-refractivity contribution >= 4 is 17.5 Å². The molecule has 3 aliphatic rings. The third kappa shape index (κ3) is 4.12. The van der Waals surface area contributed by atoms with Gasteiger partial charge in [0.25, 0.3) is 0 Å². The number of hydrogen-bond donors (Lipinski definition) is 0. The van der Waals surface area contributed by atoms with Crippen molar-refractivity contribution in [3.05, 3.63) is 40.1 Å². The molecule has 0 bridgehead atoms. The number of esters is 2. The zero-order chi connectivity index (χ0) is 23.3. The lowest BCUT2D eigenvalue weighted by Crippen LogP contribution is -2.40. The third-order valence-corrected chi connectivity index (χ3v) is 7.06. The van der Waals surface area contributed by atoms with E-state index in [-0.39, 0.29) is 18.0 Å². The van der Waals surface area contributed by atoms with Crippen LogP contribution < -0.4 is 0 Å². The van der Waals surface area contributed by atoms with Gasteiger partial charge >= 0.3 is 11.9 Å². The molecule has 0 amide bonds. The van der Waals surface area contributed by atoms with Crippen molar-refractivity contribution in [3.63, 3.8) is 0 Å². The molecule has 1 aliphatic heterocycles. The smallest absolute Gasteiger partial charge is 0.343 e. The molecule has 2 fully saturated rings. The Kier molecular flexibility index (Phi) is 6.00. The quantitative estimate of drug-likeness (QED) is 0.556.